The molecule has 1 aromatic heterocycles. The smallest absolute Gasteiger partial charge is 0.0522 e. The minimum absolute atomic E-state index is 0.421. The molecule has 0 aliphatic carbocycles. The minimum atomic E-state index is 0.421. The molecular weight excluding hydrogens is 302 g/mol. The summed E-state index contributed by atoms with van der Waals surface area (Å²) < 4.78 is 2.97. The molecule has 19 heavy (non-hydrogen) atoms. The maximum absolute atomic E-state index is 4.19. The molecule has 4 heteroatoms. The molecule has 1 aromatic carbocycles. The summed E-state index contributed by atoms with van der Waals surface area (Å²) in [6.45, 7) is 3.18. The Bertz CT molecular complexity index is 504. The second-order valence-corrected chi connectivity index (χ2v) is 5.65. The second kappa shape index (κ2) is 6.87. The van der Waals surface area contributed by atoms with Gasteiger partial charge in [-0.05, 0) is 42.6 Å². The summed E-state index contributed by atoms with van der Waals surface area (Å²) in [7, 11) is 1.95. The molecule has 1 atom stereocenters. The fraction of sp³-hybridized carbons (Fsp3) is 0.400. The Morgan fingerprint density at radius 3 is 2.63 bits per heavy atom. The van der Waals surface area contributed by atoms with Crippen LogP contribution in [-0.4, -0.2) is 16.3 Å². The lowest BCUT2D eigenvalue weighted by molar-refractivity contribution is 0.522. The van der Waals surface area contributed by atoms with Crippen LogP contribution in [0.3, 0.4) is 0 Å². The molecule has 0 bridgehead atoms. The van der Waals surface area contributed by atoms with Crippen molar-refractivity contribution in [3.8, 4) is 0 Å². The van der Waals surface area contributed by atoms with Crippen LogP contribution < -0.4 is 5.32 Å². The molecule has 2 rings (SSSR count). The van der Waals surface area contributed by atoms with Gasteiger partial charge in [0, 0.05) is 23.8 Å². The van der Waals surface area contributed by atoms with Gasteiger partial charge in [0.2, 0.25) is 0 Å². The number of nitrogens with zero attached hydrogens (tertiary/aromatic N) is 2. The van der Waals surface area contributed by atoms with Crippen LogP contribution in [0.1, 0.15) is 30.5 Å². The molecule has 0 aliphatic heterocycles. The molecule has 0 aliphatic rings. The van der Waals surface area contributed by atoms with E-state index in [0.717, 1.165) is 23.9 Å². The molecule has 0 fully saturated rings. The van der Waals surface area contributed by atoms with Gasteiger partial charge < -0.3 is 5.32 Å². The highest BCUT2D eigenvalue weighted by Crippen LogP contribution is 2.19. The van der Waals surface area contributed by atoms with Crippen LogP contribution in [0.15, 0.2) is 41.1 Å². The molecule has 0 amide bonds. The predicted octanol–water partition coefficient (Wildman–Crippen LogP) is 3.47. The number of hydrogen-bond acceptors (Lipinski definition) is 2. The maximum Gasteiger partial charge on any atom is 0.0522 e. The normalized spacial score (nSPS) is 12.6. The van der Waals surface area contributed by atoms with Crippen LogP contribution in [-0.2, 0) is 13.5 Å². The van der Waals surface area contributed by atoms with E-state index in [4.69, 9.17) is 0 Å². The first-order chi connectivity index (χ1) is 9.19. The Morgan fingerprint density at radius 1 is 1.32 bits per heavy atom. The number of aromatic nitrogens is 2. The molecule has 1 heterocycles. The molecule has 102 valence electrons. The summed E-state index contributed by atoms with van der Waals surface area (Å²) >= 11 is 3.47. The van der Waals surface area contributed by atoms with Crippen molar-refractivity contribution in [2.75, 3.05) is 6.54 Å². The highest BCUT2D eigenvalue weighted by molar-refractivity contribution is 9.10. The standard InChI is InChI=1S/C15H20BrN3/c1-3-15(13-4-6-14(16)7-5-13)17-9-8-12-10-18-19(2)11-12/h4-7,10-11,15,17H,3,8-9H2,1-2H3. The zero-order chi connectivity index (χ0) is 13.7. The van der Waals surface area contributed by atoms with Gasteiger partial charge >= 0.3 is 0 Å². The SMILES string of the molecule is CCC(NCCc1cnn(C)c1)c1ccc(Br)cc1. The first kappa shape index (κ1) is 14.3. The van der Waals surface area contributed by atoms with Gasteiger partial charge in [-0.25, -0.2) is 0 Å². The van der Waals surface area contributed by atoms with Crippen molar-refractivity contribution in [1.29, 1.82) is 0 Å². The third-order valence-electron chi connectivity index (χ3n) is 3.24. The van der Waals surface area contributed by atoms with E-state index in [0.29, 0.717) is 6.04 Å². The lowest BCUT2D eigenvalue weighted by Crippen LogP contribution is -2.23. The van der Waals surface area contributed by atoms with Crippen molar-refractivity contribution in [2.24, 2.45) is 7.05 Å². The van der Waals surface area contributed by atoms with Crippen LogP contribution in [0.2, 0.25) is 0 Å². The molecule has 1 unspecified atom stereocenters. The van der Waals surface area contributed by atoms with Crippen molar-refractivity contribution >= 4 is 15.9 Å². The summed E-state index contributed by atoms with van der Waals surface area (Å²) in [5.74, 6) is 0. The van der Waals surface area contributed by atoms with E-state index in [2.05, 4.69) is 63.7 Å². The Balaban J connectivity index is 1.87. The molecule has 0 saturated carbocycles. The lowest BCUT2D eigenvalue weighted by Gasteiger charge is -2.17. The van der Waals surface area contributed by atoms with Gasteiger partial charge in [0.1, 0.15) is 0 Å². The first-order valence-corrected chi connectivity index (χ1v) is 7.44. The van der Waals surface area contributed by atoms with Crippen molar-refractivity contribution in [1.82, 2.24) is 15.1 Å². The van der Waals surface area contributed by atoms with Crippen LogP contribution in [0.5, 0.6) is 0 Å². The summed E-state index contributed by atoms with van der Waals surface area (Å²) in [5, 5.41) is 7.80. The van der Waals surface area contributed by atoms with Gasteiger partial charge in [0.25, 0.3) is 0 Å². The van der Waals surface area contributed by atoms with Gasteiger partial charge in [-0.2, -0.15) is 5.10 Å². The Labute approximate surface area is 123 Å². The van der Waals surface area contributed by atoms with Crippen LogP contribution in [0, 0.1) is 0 Å². The van der Waals surface area contributed by atoms with Crippen LogP contribution in [0.4, 0.5) is 0 Å². The molecule has 2 aromatic rings. The highest BCUT2D eigenvalue weighted by Gasteiger charge is 2.08. The Kier molecular flexibility index (Phi) is 5.16. The molecule has 0 saturated heterocycles. The second-order valence-electron chi connectivity index (χ2n) is 4.74. The van der Waals surface area contributed by atoms with Crippen LogP contribution in [0.25, 0.3) is 0 Å². The zero-order valence-electron chi connectivity index (χ0n) is 11.4. The number of halogens is 1. The number of rotatable bonds is 6. The number of hydrogen-bond donors (Lipinski definition) is 1. The van der Waals surface area contributed by atoms with E-state index in [-0.39, 0.29) is 0 Å². The monoisotopic (exact) mass is 321 g/mol. The van der Waals surface area contributed by atoms with Crippen molar-refractivity contribution in [3.63, 3.8) is 0 Å². The quantitative estimate of drug-likeness (QED) is 0.883. The third-order valence-corrected chi connectivity index (χ3v) is 3.77. The summed E-state index contributed by atoms with van der Waals surface area (Å²) in [6, 6.07) is 8.97. The van der Waals surface area contributed by atoms with E-state index < -0.39 is 0 Å². The van der Waals surface area contributed by atoms with Crippen molar-refractivity contribution in [3.05, 3.63) is 52.3 Å². The average molecular weight is 322 g/mol. The van der Waals surface area contributed by atoms with E-state index in [1.165, 1.54) is 11.1 Å². The number of benzene rings is 1. The van der Waals surface area contributed by atoms with Crippen molar-refractivity contribution < 1.29 is 0 Å². The molecule has 1 N–H and O–H groups in total. The highest BCUT2D eigenvalue weighted by atomic mass is 79.9. The first-order valence-electron chi connectivity index (χ1n) is 6.65. The summed E-state index contributed by atoms with van der Waals surface area (Å²) in [4.78, 5) is 0. The zero-order valence-corrected chi connectivity index (χ0v) is 13.0. The fourth-order valence-electron chi connectivity index (χ4n) is 2.18. The van der Waals surface area contributed by atoms with Gasteiger partial charge in [-0.15, -0.1) is 0 Å². The summed E-state index contributed by atoms with van der Waals surface area (Å²) in [5.41, 5.74) is 2.62. The lowest BCUT2D eigenvalue weighted by atomic mass is 10.0. The van der Waals surface area contributed by atoms with Gasteiger partial charge in [-0.1, -0.05) is 35.0 Å². The largest absolute Gasteiger partial charge is 0.310 e. The molecular formula is C15H20BrN3. The van der Waals surface area contributed by atoms with Crippen LogP contribution >= 0.6 is 15.9 Å². The van der Waals surface area contributed by atoms with Gasteiger partial charge in [-0.3, -0.25) is 4.68 Å². The van der Waals surface area contributed by atoms with E-state index in [1.54, 1.807) is 0 Å². The van der Waals surface area contributed by atoms with Crippen molar-refractivity contribution in [2.45, 2.75) is 25.8 Å². The fourth-order valence-corrected chi connectivity index (χ4v) is 2.45. The topological polar surface area (TPSA) is 29.9 Å². The Hall–Kier alpha value is -1.13. The maximum atomic E-state index is 4.19. The molecule has 0 radical (unpaired) electrons. The average Bonchev–Trinajstić information content (AvgIpc) is 2.82. The molecule has 3 nitrogen and oxygen atoms in total. The number of aryl methyl sites for hydroxylation is 1. The van der Waals surface area contributed by atoms with E-state index in [1.807, 2.05) is 17.9 Å². The Morgan fingerprint density at radius 2 is 2.05 bits per heavy atom. The van der Waals surface area contributed by atoms with E-state index in [9.17, 15) is 0 Å². The van der Waals surface area contributed by atoms with Gasteiger partial charge in [0.15, 0.2) is 0 Å². The van der Waals surface area contributed by atoms with Gasteiger partial charge in [0.05, 0.1) is 6.20 Å². The minimum Gasteiger partial charge on any atom is -0.310 e. The number of nitrogens with one attached hydrogen (secondary N) is 1. The van der Waals surface area contributed by atoms with E-state index >= 15 is 0 Å². The third kappa shape index (κ3) is 4.18. The summed E-state index contributed by atoms with van der Waals surface area (Å²) in [6.07, 6.45) is 6.11. The molecule has 0 spiro atoms. The predicted molar refractivity (Wildman–Crippen MR) is 82.1 cm³/mol.